The van der Waals surface area contributed by atoms with E-state index in [1.165, 1.54) is 0 Å². The van der Waals surface area contributed by atoms with Gasteiger partial charge in [0.1, 0.15) is 5.60 Å². The summed E-state index contributed by atoms with van der Waals surface area (Å²) in [5.41, 5.74) is -0.441. The predicted molar refractivity (Wildman–Crippen MR) is 84.3 cm³/mol. The Kier molecular flexibility index (Phi) is 7.46. The van der Waals surface area contributed by atoms with Crippen LogP contribution in [0.3, 0.4) is 0 Å². The summed E-state index contributed by atoms with van der Waals surface area (Å²) in [4.78, 5) is 11.6. The zero-order valence-electron chi connectivity index (χ0n) is 13.9. The van der Waals surface area contributed by atoms with Gasteiger partial charge in [-0.15, -0.1) is 0 Å². The van der Waals surface area contributed by atoms with Gasteiger partial charge < -0.3 is 20.5 Å². The molecule has 1 amide bonds. The standard InChI is InChI=1S/C16H32N2O3/c1-5-6-12(7-8-19)11-17-13-9-14(10-13)18-15(20)21-16(2,3)4/h12-14,17,19H,5-11H2,1-4H3,(H,18,20). The van der Waals surface area contributed by atoms with Crippen LogP contribution in [-0.4, -0.2) is 42.0 Å². The van der Waals surface area contributed by atoms with E-state index < -0.39 is 5.60 Å². The first-order valence-corrected chi connectivity index (χ1v) is 8.17. The van der Waals surface area contributed by atoms with Gasteiger partial charge in [0.15, 0.2) is 0 Å². The minimum absolute atomic E-state index is 0.222. The minimum Gasteiger partial charge on any atom is -0.444 e. The van der Waals surface area contributed by atoms with Crippen LogP contribution in [-0.2, 0) is 4.74 Å². The number of hydrogen-bond acceptors (Lipinski definition) is 4. The Labute approximate surface area is 128 Å². The van der Waals surface area contributed by atoms with Crippen LogP contribution < -0.4 is 10.6 Å². The highest BCUT2D eigenvalue weighted by Crippen LogP contribution is 2.21. The first kappa shape index (κ1) is 18.2. The normalized spacial score (nSPS) is 23.3. The summed E-state index contributed by atoms with van der Waals surface area (Å²) in [6, 6.07) is 0.697. The SMILES string of the molecule is CCCC(CCO)CNC1CC(NC(=O)OC(C)(C)C)C1. The zero-order chi connectivity index (χ0) is 15.9. The Morgan fingerprint density at radius 2 is 1.95 bits per heavy atom. The molecule has 1 saturated carbocycles. The second-order valence-corrected chi connectivity index (χ2v) is 7.09. The van der Waals surface area contributed by atoms with E-state index in [0.29, 0.717) is 12.0 Å². The molecule has 1 aliphatic carbocycles. The van der Waals surface area contributed by atoms with Gasteiger partial charge in [0.25, 0.3) is 0 Å². The number of nitrogens with one attached hydrogen (secondary N) is 2. The molecule has 0 bridgehead atoms. The molecule has 0 heterocycles. The maximum Gasteiger partial charge on any atom is 0.407 e. The molecule has 1 fully saturated rings. The molecule has 0 saturated heterocycles. The zero-order valence-corrected chi connectivity index (χ0v) is 13.9. The molecule has 1 atom stereocenters. The molecule has 0 aromatic rings. The molecule has 3 N–H and O–H groups in total. The van der Waals surface area contributed by atoms with Crippen LogP contribution in [0.1, 0.15) is 59.8 Å². The Bertz CT molecular complexity index is 303. The largest absolute Gasteiger partial charge is 0.444 e. The van der Waals surface area contributed by atoms with Gasteiger partial charge in [0.05, 0.1) is 0 Å². The smallest absolute Gasteiger partial charge is 0.407 e. The summed E-state index contributed by atoms with van der Waals surface area (Å²) >= 11 is 0. The van der Waals surface area contributed by atoms with Gasteiger partial charge in [-0.3, -0.25) is 0 Å². The first-order chi connectivity index (χ1) is 9.84. The van der Waals surface area contributed by atoms with Gasteiger partial charge in [0, 0.05) is 18.7 Å². The van der Waals surface area contributed by atoms with Crippen LogP contribution in [0.25, 0.3) is 0 Å². The highest BCUT2D eigenvalue weighted by atomic mass is 16.6. The summed E-state index contributed by atoms with van der Waals surface area (Å²) in [5.74, 6) is 0.554. The number of carbonyl (C=O) groups excluding carboxylic acids is 1. The summed E-state index contributed by atoms with van der Waals surface area (Å²) in [7, 11) is 0. The van der Waals surface area contributed by atoms with Gasteiger partial charge >= 0.3 is 6.09 Å². The highest BCUT2D eigenvalue weighted by Gasteiger charge is 2.31. The molecule has 0 aromatic heterocycles. The van der Waals surface area contributed by atoms with Crippen molar-refractivity contribution in [2.24, 2.45) is 5.92 Å². The van der Waals surface area contributed by atoms with Crippen molar-refractivity contribution >= 4 is 6.09 Å². The van der Waals surface area contributed by atoms with Gasteiger partial charge in [-0.25, -0.2) is 4.79 Å². The minimum atomic E-state index is -0.441. The molecule has 0 spiro atoms. The fourth-order valence-corrected chi connectivity index (χ4v) is 2.65. The second kappa shape index (κ2) is 8.59. The highest BCUT2D eigenvalue weighted by molar-refractivity contribution is 5.68. The summed E-state index contributed by atoms with van der Waals surface area (Å²) in [6.07, 6.45) is 4.76. The lowest BCUT2D eigenvalue weighted by atomic mass is 9.86. The first-order valence-electron chi connectivity index (χ1n) is 8.17. The lowest BCUT2D eigenvalue weighted by molar-refractivity contribution is 0.0464. The van der Waals surface area contributed by atoms with Crippen molar-refractivity contribution in [1.82, 2.24) is 10.6 Å². The van der Waals surface area contributed by atoms with E-state index in [1.807, 2.05) is 20.8 Å². The number of ether oxygens (including phenoxy) is 1. The fourth-order valence-electron chi connectivity index (χ4n) is 2.65. The molecular weight excluding hydrogens is 268 g/mol. The third-order valence-corrected chi connectivity index (χ3v) is 3.79. The van der Waals surface area contributed by atoms with E-state index in [0.717, 1.165) is 38.6 Å². The van der Waals surface area contributed by atoms with E-state index in [1.54, 1.807) is 0 Å². The lowest BCUT2D eigenvalue weighted by Crippen LogP contribution is -2.53. The third kappa shape index (κ3) is 7.67. The van der Waals surface area contributed by atoms with Crippen LogP contribution in [0.4, 0.5) is 4.79 Å². The predicted octanol–water partition coefficient (Wildman–Crippen LogP) is 2.43. The maximum absolute atomic E-state index is 11.6. The van der Waals surface area contributed by atoms with Crippen LogP contribution in [0, 0.1) is 5.92 Å². The Morgan fingerprint density at radius 1 is 1.29 bits per heavy atom. The third-order valence-electron chi connectivity index (χ3n) is 3.79. The van der Waals surface area contributed by atoms with E-state index in [4.69, 9.17) is 9.84 Å². The van der Waals surface area contributed by atoms with Crippen molar-refractivity contribution in [3.05, 3.63) is 0 Å². The number of alkyl carbamates (subject to hydrolysis) is 1. The average Bonchev–Trinajstić information content (AvgIpc) is 2.29. The van der Waals surface area contributed by atoms with Gasteiger partial charge in [-0.1, -0.05) is 13.3 Å². The monoisotopic (exact) mass is 300 g/mol. The van der Waals surface area contributed by atoms with E-state index in [2.05, 4.69) is 17.6 Å². The Morgan fingerprint density at radius 3 is 2.48 bits per heavy atom. The average molecular weight is 300 g/mol. The molecule has 0 aromatic carbocycles. The molecule has 124 valence electrons. The van der Waals surface area contributed by atoms with Gasteiger partial charge in [0.2, 0.25) is 0 Å². The molecule has 1 aliphatic rings. The number of aliphatic hydroxyl groups excluding tert-OH is 1. The number of hydrogen-bond donors (Lipinski definition) is 3. The molecule has 21 heavy (non-hydrogen) atoms. The molecular formula is C16H32N2O3. The maximum atomic E-state index is 11.6. The molecule has 1 rings (SSSR count). The van der Waals surface area contributed by atoms with Crippen molar-refractivity contribution in [3.63, 3.8) is 0 Å². The summed E-state index contributed by atoms with van der Waals surface area (Å²) in [6.45, 7) is 9.00. The number of carbonyl (C=O) groups is 1. The van der Waals surface area contributed by atoms with Crippen molar-refractivity contribution in [2.75, 3.05) is 13.2 Å². The van der Waals surface area contributed by atoms with Crippen molar-refractivity contribution in [3.8, 4) is 0 Å². The molecule has 1 unspecified atom stereocenters. The topological polar surface area (TPSA) is 70.6 Å². The quantitative estimate of drug-likeness (QED) is 0.644. The van der Waals surface area contributed by atoms with E-state index >= 15 is 0 Å². The number of rotatable bonds is 8. The molecule has 0 aliphatic heterocycles. The van der Waals surface area contributed by atoms with Gasteiger partial charge in [-0.2, -0.15) is 0 Å². The van der Waals surface area contributed by atoms with Crippen molar-refractivity contribution < 1.29 is 14.6 Å². The summed E-state index contributed by atoms with van der Waals surface area (Å²) < 4.78 is 5.24. The van der Waals surface area contributed by atoms with Crippen LogP contribution in [0.2, 0.25) is 0 Å². The number of aliphatic hydroxyl groups is 1. The fraction of sp³-hybridized carbons (Fsp3) is 0.938. The van der Waals surface area contributed by atoms with Gasteiger partial charge in [-0.05, 0) is 58.9 Å². The van der Waals surface area contributed by atoms with E-state index in [9.17, 15) is 4.79 Å². The lowest BCUT2D eigenvalue weighted by Gasteiger charge is -2.37. The molecule has 5 nitrogen and oxygen atoms in total. The number of amides is 1. The van der Waals surface area contributed by atoms with Crippen LogP contribution in [0.15, 0.2) is 0 Å². The van der Waals surface area contributed by atoms with Crippen LogP contribution >= 0.6 is 0 Å². The Hall–Kier alpha value is -0.810. The van der Waals surface area contributed by atoms with Crippen LogP contribution in [0.5, 0.6) is 0 Å². The second-order valence-electron chi connectivity index (χ2n) is 7.09. The summed E-state index contributed by atoms with van der Waals surface area (Å²) in [5, 5.41) is 15.5. The molecule has 0 radical (unpaired) electrons. The Balaban J connectivity index is 2.14. The van der Waals surface area contributed by atoms with E-state index in [-0.39, 0.29) is 18.7 Å². The van der Waals surface area contributed by atoms with Crippen molar-refractivity contribution in [2.45, 2.75) is 77.5 Å². The van der Waals surface area contributed by atoms with Crippen molar-refractivity contribution in [1.29, 1.82) is 0 Å². The molecule has 5 heteroatoms.